The average Bonchev–Trinajstić information content (AvgIpc) is 3.91. The van der Waals surface area contributed by atoms with E-state index >= 15 is 0 Å². The van der Waals surface area contributed by atoms with Crippen LogP contribution >= 0.6 is 23.2 Å². The van der Waals surface area contributed by atoms with E-state index in [9.17, 15) is 4.79 Å². The van der Waals surface area contributed by atoms with Crippen molar-refractivity contribution in [3.8, 4) is 0 Å². The second kappa shape index (κ2) is 20.1. The molecule has 2 fully saturated rings. The van der Waals surface area contributed by atoms with E-state index in [1.54, 1.807) is 18.3 Å². The third-order valence-electron chi connectivity index (χ3n) is 11.2. The second-order valence-corrected chi connectivity index (χ2v) is 15.6. The van der Waals surface area contributed by atoms with Gasteiger partial charge in [0.25, 0.3) is 0 Å². The maximum atomic E-state index is 12.9. The van der Waals surface area contributed by atoms with Crippen LogP contribution in [-0.4, -0.2) is 67.4 Å². The van der Waals surface area contributed by atoms with E-state index in [4.69, 9.17) is 23.2 Å². The number of aryl methyl sites for hydroxylation is 3. The molecular formula is C44H54Cl2N6O. The van der Waals surface area contributed by atoms with Gasteiger partial charge in [-0.2, -0.15) is 0 Å². The highest BCUT2D eigenvalue weighted by atomic mass is 35.5. The number of rotatable bonds is 14. The molecule has 9 heteroatoms. The van der Waals surface area contributed by atoms with Crippen molar-refractivity contribution in [3.05, 3.63) is 143 Å². The number of hydrogen-bond donors (Lipinski definition) is 0. The van der Waals surface area contributed by atoms with Crippen molar-refractivity contribution in [1.29, 1.82) is 0 Å². The Morgan fingerprint density at radius 3 is 2.15 bits per heavy atom. The lowest BCUT2D eigenvalue weighted by molar-refractivity contribution is 0.102. The highest BCUT2D eigenvalue weighted by Crippen LogP contribution is 2.29. The summed E-state index contributed by atoms with van der Waals surface area (Å²) in [5, 5.41) is 1.29. The van der Waals surface area contributed by atoms with Gasteiger partial charge in [0.2, 0.25) is 5.78 Å². The standard InChI is InChI=1S/C26H30ClN3O.C18H24ClN3/c27-24-11-5-4-10-23(24)25(31)26-28-15-20-30(26)19-14-22-12-17-29(18-13-22)16-6-9-21-7-2-1-3-8-21;1-15(17-2-4-18(19)5-3-17)22-11-7-16(8-12-22)6-10-21-13-9-20-14-21/h1-5,7-8,10-11,15,20,22H,6,9,12-14,16-19H2;2-5,9,13-16H,6-8,10-12H2,1H3. The van der Waals surface area contributed by atoms with Gasteiger partial charge in [-0.05, 0) is 138 Å². The first kappa shape index (κ1) is 39.0. The summed E-state index contributed by atoms with van der Waals surface area (Å²) >= 11 is 12.2. The van der Waals surface area contributed by atoms with Gasteiger partial charge in [-0.3, -0.25) is 9.69 Å². The summed E-state index contributed by atoms with van der Waals surface area (Å²) in [7, 11) is 0. The van der Waals surface area contributed by atoms with Gasteiger partial charge in [-0.15, -0.1) is 0 Å². The van der Waals surface area contributed by atoms with Gasteiger partial charge < -0.3 is 14.0 Å². The van der Waals surface area contributed by atoms with Gasteiger partial charge in [0.1, 0.15) is 0 Å². The zero-order chi connectivity index (χ0) is 36.8. The third-order valence-corrected chi connectivity index (χ3v) is 11.8. The Morgan fingerprint density at radius 1 is 0.774 bits per heavy atom. The fourth-order valence-electron chi connectivity index (χ4n) is 7.77. The quantitative estimate of drug-likeness (QED) is 0.106. The minimum atomic E-state index is -0.108. The van der Waals surface area contributed by atoms with Crippen LogP contribution in [0, 0.1) is 11.8 Å². The van der Waals surface area contributed by atoms with Crippen molar-refractivity contribution in [1.82, 2.24) is 28.9 Å². The van der Waals surface area contributed by atoms with E-state index < -0.39 is 0 Å². The summed E-state index contributed by atoms with van der Waals surface area (Å²) in [5.41, 5.74) is 3.31. The van der Waals surface area contributed by atoms with E-state index in [1.807, 2.05) is 47.6 Å². The number of carbonyl (C=O) groups excluding carboxylic acids is 1. The molecule has 2 aromatic heterocycles. The number of imidazole rings is 2. The van der Waals surface area contributed by atoms with Crippen LogP contribution in [0.25, 0.3) is 0 Å². The summed E-state index contributed by atoms with van der Waals surface area (Å²) in [5.74, 6) is 1.92. The number of likely N-dealkylation sites (tertiary alicyclic amines) is 2. The molecule has 5 aromatic rings. The van der Waals surface area contributed by atoms with Crippen molar-refractivity contribution < 1.29 is 4.79 Å². The molecule has 1 atom stereocenters. The molecule has 0 aliphatic carbocycles. The largest absolute Gasteiger partial charge is 0.337 e. The number of halogens is 2. The highest BCUT2D eigenvalue weighted by Gasteiger charge is 2.24. The number of nitrogens with zero attached hydrogens (tertiary/aromatic N) is 6. The van der Waals surface area contributed by atoms with E-state index in [1.165, 1.54) is 82.4 Å². The van der Waals surface area contributed by atoms with Crippen molar-refractivity contribution in [2.24, 2.45) is 11.8 Å². The van der Waals surface area contributed by atoms with E-state index in [2.05, 4.69) is 79.9 Å². The first-order valence-electron chi connectivity index (χ1n) is 19.4. The Labute approximate surface area is 326 Å². The molecule has 2 saturated heterocycles. The van der Waals surface area contributed by atoms with Crippen molar-refractivity contribution in [3.63, 3.8) is 0 Å². The van der Waals surface area contributed by atoms with Gasteiger partial charge in [-0.1, -0.05) is 77.8 Å². The minimum absolute atomic E-state index is 0.108. The summed E-state index contributed by atoms with van der Waals surface area (Å²) in [6, 6.07) is 26.7. The molecule has 0 amide bonds. The Balaban J connectivity index is 0.000000192. The van der Waals surface area contributed by atoms with E-state index in [0.29, 0.717) is 28.4 Å². The highest BCUT2D eigenvalue weighted by molar-refractivity contribution is 6.34. The van der Waals surface area contributed by atoms with Crippen LogP contribution in [0.15, 0.2) is 110 Å². The van der Waals surface area contributed by atoms with Crippen LogP contribution in [0.4, 0.5) is 0 Å². The van der Waals surface area contributed by atoms with Crippen LogP contribution in [0.5, 0.6) is 0 Å². The Morgan fingerprint density at radius 2 is 1.45 bits per heavy atom. The molecule has 1 unspecified atom stereocenters. The lowest BCUT2D eigenvalue weighted by Gasteiger charge is -2.36. The van der Waals surface area contributed by atoms with E-state index in [-0.39, 0.29) is 5.78 Å². The lowest BCUT2D eigenvalue weighted by Crippen LogP contribution is -2.35. The summed E-state index contributed by atoms with van der Waals surface area (Å²) < 4.78 is 4.17. The van der Waals surface area contributed by atoms with Gasteiger partial charge in [-0.25, -0.2) is 9.97 Å². The molecule has 0 saturated carbocycles. The van der Waals surface area contributed by atoms with Crippen LogP contribution in [0.3, 0.4) is 0 Å². The summed E-state index contributed by atoms with van der Waals surface area (Å²) in [6.45, 7) is 10.1. The Hall–Kier alpha value is -3.75. The SMILES string of the molecule is CC(c1ccc(Cl)cc1)N1CCC(CCn2ccnc2)CC1.O=C(c1ccccc1Cl)c1nccn1CCC1CCN(CCCc2ccccc2)CC1. The zero-order valence-corrected chi connectivity index (χ0v) is 32.6. The number of piperidine rings is 2. The molecule has 0 N–H and O–H groups in total. The lowest BCUT2D eigenvalue weighted by atomic mass is 9.92. The molecule has 2 aliphatic rings. The average molecular weight is 754 g/mol. The molecule has 2 aliphatic heterocycles. The fraction of sp³-hybridized carbons (Fsp3) is 0.432. The van der Waals surface area contributed by atoms with Gasteiger partial charge in [0.05, 0.1) is 11.3 Å². The van der Waals surface area contributed by atoms with Crippen LogP contribution in [0.1, 0.15) is 85.2 Å². The first-order chi connectivity index (χ1) is 25.9. The van der Waals surface area contributed by atoms with Crippen LogP contribution in [-0.2, 0) is 19.5 Å². The molecule has 280 valence electrons. The smallest absolute Gasteiger partial charge is 0.229 e. The number of carbonyl (C=O) groups is 1. The molecular weight excluding hydrogens is 699 g/mol. The zero-order valence-electron chi connectivity index (χ0n) is 31.1. The van der Waals surface area contributed by atoms with Gasteiger partial charge >= 0.3 is 0 Å². The predicted octanol–water partition coefficient (Wildman–Crippen LogP) is 9.90. The van der Waals surface area contributed by atoms with Crippen LogP contribution < -0.4 is 0 Å². The van der Waals surface area contributed by atoms with E-state index in [0.717, 1.165) is 36.9 Å². The molecule has 7 nitrogen and oxygen atoms in total. The molecule has 0 radical (unpaired) electrons. The van der Waals surface area contributed by atoms with Crippen molar-refractivity contribution >= 4 is 29.0 Å². The topological polar surface area (TPSA) is 59.2 Å². The normalized spacial score (nSPS) is 16.6. The fourth-order valence-corrected chi connectivity index (χ4v) is 8.12. The Kier molecular flexibility index (Phi) is 14.8. The maximum absolute atomic E-state index is 12.9. The number of benzene rings is 3. The third kappa shape index (κ3) is 11.6. The van der Waals surface area contributed by atoms with Crippen molar-refractivity contribution in [2.45, 2.75) is 77.4 Å². The first-order valence-corrected chi connectivity index (χ1v) is 20.2. The Bertz CT molecular complexity index is 1790. The number of hydrogen-bond acceptors (Lipinski definition) is 5. The summed E-state index contributed by atoms with van der Waals surface area (Å²) in [4.78, 5) is 26.5. The van der Waals surface area contributed by atoms with Gasteiger partial charge in [0.15, 0.2) is 5.82 Å². The molecule has 0 bridgehead atoms. The van der Waals surface area contributed by atoms with Crippen molar-refractivity contribution in [2.75, 3.05) is 32.7 Å². The van der Waals surface area contributed by atoms with Crippen LogP contribution in [0.2, 0.25) is 10.0 Å². The number of ketones is 1. The molecule has 53 heavy (non-hydrogen) atoms. The molecule has 0 spiro atoms. The maximum Gasteiger partial charge on any atom is 0.229 e. The summed E-state index contributed by atoms with van der Waals surface area (Å²) in [6.07, 6.45) is 19.2. The number of aromatic nitrogens is 4. The van der Waals surface area contributed by atoms with Gasteiger partial charge in [0, 0.05) is 54.5 Å². The molecule has 4 heterocycles. The second-order valence-electron chi connectivity index (χ2n) is 14.7. The molecule has 7 rings (SSSR count). The minimum Gasteiger partial charge on any atom is -0.337 e. The predicted molar refractivity (Wildman–Crippen MR) is 217 cm³/mol. The monoisotopic (exact) mass is 752 g/mol. The molecule has 3 aromatic carbocycles.